The number of carbonyl (C=O) groups excluding carboxylic acids is 1. The van der Waals surface area contributed by atoms with Crippen molar-refractivity contribution in [1.82, 2.24) is 4.90 Å². The van der Waals surface area contributed by atoms with Crippen molar-refractivity contribution < 1.29 is 18.3 Å². The summed E-state index contributed by atoms with van der Waals surface area (Å²) in [7, 11) is 1.58. The largest absolute Gasteiger partial charge is 0.435 e. The molecule has 5 nitrogen and oxygen atoms in total. The number of aliphatic imine (C=N–C) groups is 1. The normalized spacial score (nSPS) is 19.9. The highest BCUT2D eigenvalue weighted by Gasteiger charge is 2.49. The van der Waals surface area contributed by atoms with Gasteiger partial charge in [0.2, 0.25) is 0 Å². The Balaban J connectivity index is 2.13. The Labute approximate surface area is 175 Å². The molecule has 2 N–H and O–H groups in total. The lowest BCUT2D eigenvalue weighted by molar-refractivity contribution is -0.129. The standard InChI is InChI=1S/C23H27F2N3O2/c1-4-7-15(5-2)16-8-6-9-18(14-16)23(20(29)28(3)22(26)27-23)17-10-12-19(13-11-17)30-21(24)25/h6,8-15,21H,4-5,7H2,1-3H3,(H2,26,27). The van der Waals surface area contributed by atoms with Crippen molar-refractivity contribution in [2.45, 2.75) is 51.2 Å². The number of alkyl halides is 2. The lowest BCUT2D eigenvalue weighted by atomic mass is 9.80. The van der Waals surface area contributed by atoms with E-state index in [1.807, 2.05) is 18.2 Å². The molecule has 1 heterocycles. The van der Waals surface area contributed by atoms with Crippen LogP contribution in [0.2, 0.25) is 0 Å². The first-order chi connectivity index (χ1) is 14.3. The zero-order chi connectivity index (χ0) is 21.9. The van der Waals surface area contributed by atoms with Gasteiger partial charge in [0.15, 0.2) is 11.5 Å². The first-order valence-corrected chi connectivity index (χ1v) is 10.1. The van der Waals surface area contributed by atoms with Gasteiger partial charge in [-0.15, -0.1) is 0 Å². The molecule has 2 unspecified atom stereocenters. The van der Waals surface area contributed by atoms with Crippen molar-refractivity contribution in [2.75, 3.05) is 7.05 Å². The summed E-state index contributed by atoms with van der Waals surface area (Å²) in [6, 6.07) is 13.9. The van der Waals surface area contributed by atoms with E-state index in [1.165, 1.54) is 17.0 Å². The molecule has 0 aliphatic carbocycles. The zero-order valence-electron chi connectivity index (χ0n) is 17.4. The van der Waals surface area contributed by atoms with Crippen LogP contribution in [-0.4, -0.2) is 30.4 Å². The molecule has 0 saturated carbocycles. The van der Waals surface area contributed by atoms with E-state index in [0.29, 0.717) is 17.0 Å². The molecule has 1 aliphatic heterocycles. The summed E-state index contributed by atoms with van der Waals surface area (Å²) in [5, 5.41) is 0. The molecule has 0 fully saturated rings. The maximum atomic E-state index is 13.4. The highest BCUT2D eigenvalue weighted by atomic mass is 19.3. The minimum absolute atomic E-state index is 0.0161. The van der Waals surface area contributed by atoms with E-state index >= 15 is 0 Å². The van der Waals surface area contributed by atoms with Crippen LogP contribution in [0, 0.1) is 0 Å². The van der Waals surface area contributed by atoms with E-state index in [1.54, 1.807) is 19.2 Å². The van der Waals surface area contributed by atoms with E-state index in [4.69, 9.17) is 5.73 Å². The van der Waals surface area contributed by atoms with Crippen LogP contribution in [0.3, 0.4) is 0 Å². The lowest BCUT2D eigenvalue weighted by Gasteiger charge is -2.27. The molecule has 7 heteroatoms. The van der Waals surface area contributed by atoms with Gasteiger partial charge in [0.25, 0.3) is 5.91 Å². The Kier molecular flexibility index (Phi) is 6.39. The van der Waals surface area contributed by atoms with Crippen molar-refractivity contribution in [2.24, 2.45) is 10.7 Å². The van der Waals surface area contributed by atoms with Gasteiger partial charge in [0, 0.05) is 7.05 Å². The zero-order valence-corrected chi connectivity index (χ0v) is 17.4. The maximum Gasteiger partial charge on any atom is 0.387 e. The van der Waals surface area contributed by atoms with Crippen LogP contribution >= 0.6 is 0 Å². The van der Waals surface area contributed by atoms with Gasteiger partial charge in [0.05, 0.1) is 0 Å². The Morgan fingerprint density at radius 1 is 1.13 bits per heavy atom. The van der Waals surface area contributed by atoms with Crippen molar-refractivity contribution in [3.05, 3.63) is 65.2 Å². The number of hydrogen-bond acceptors (Lipinski definition) is 4. The van der Waals surface area contributed by atoms with Crippen LogP contribution in [0.1, 0.15) is 55.7 Å². The SMILES string of the molecule is CCCC(CC)c1cccc(C2(c3ccc(OC(F)F)cc3)N=C(N)N(C)C2=O)c1. The molecule has 30 heavy (non-hydrogen) atoms. The van der Waals surface area contributed by atoms with Crippen molar-refractivity contribution in [3.63, 3.8) is 0 Å². The fourth-order valence-corrected chi connectivity index (χ4v) is 4.03. The molecule has 1 amide bonds. The van der Waals surface area contributed by atoms with Crippen LogP contribution in [0.25, 0.3) is 0 Å². The number of nitrogens with zero attached hydrogens (tertiary/aromatic N) is 2. The minimum atomic E-state index is -2.92. The fraction of sp³-hybridized carbons (Fsp3) is 0.391. The third-order valence-electron chi connectivity index (χ3n) is 5.64. The topological polar surface area (TPSA) is 67.9 Å². The molecule has 0 saturated heterocycles. The quantitative estimate of drug-likeness (QED) is 0.685. The molecular formula is C23H27F2N3O2. The van der Waals surface area contributed by atoms with Crippen LogP contribution in [-0.2, 0) is 10.3 Å². The van der Waals surface area contributed by atoms with Crippen LogP contribution in [0.4, 0.5) is 8.78 Å². The highest BCUT2D eigenvalue weighted by molar-refractivity contribution is 6.08. The second-order valence-corrected chi connectivity index (χ2v) is 7.47. The van der Waals surface area contributed by atoms with Gasteiger partial charge in [0.1, 0.15) is 5.75 Å². The predicted molar refractivity (Wildman–Crippen MR) is 113 cm³/mol. The highest BCUT2D eigenvalue weighted by Crippen LogP contribution is 2.41. The van der Waals surface area contributed by atoms with E-state index < -0.39 is 12.2 Å². The third kappa shape index (κ3) is 3.88. The lowest BCUT2D eigenvalue weighted by Crippen LogP contribution is -2.41. The van der Waals surface area contributed by atoms with Crippen molar-refractivity contribution in [3.8, 4) is 5.75 Å². The number of ether oxygens (including phenoxy) is 1. The Hall–Kier alpha value is -2.96. The first kappa shape index (κ1) is 21.7. The average molecular weight is 415 g/mol. The molecule has 0 aromatic heterocycles. The second kappa shape index (κ2) is 8.81. The van der Waals surface area contributed by atoms with Gasteiger partial charge < -0.3 is 10.5 Å². The Morgan fingerprint density at radius 2 is 1.83 bits per heavy atom. The summed E-state index contributed by atoms with van der Waals surface area (Å²) in [5.74, 6) is 0.217. The predicted octanol–water partition coefficient (Wildman–Crippen LogP) is 4.61. The number of carbonyl (C=O) groups is 1. The molecule has 0 radical (unpaired) electrons. The molecule has 0 spiro atoms. The molecule has 2 atom stereocenters. The molecular weight excluding hydrogens is 388 g/mol. The van der Waals surface area contributed by atoms with E-state index in [-0.39, 0.29) is 17.6 Å². The number of hydrogen-bond donors (Lipinski definition) is 1. The first-order valence-electron chi connectivity index (χ1n) is 10.1. The van der Waals surface area contributed by atoms with Crippen LogP contribution < -0.4 is 10.5 Å². The van der Waals surface area contributed by atoms with Gasteiger partial charge in [-0.25, -0.2) is 4.99 Å². The second-order valence-electron chi connectivity index (χ2n) is 7.47. The van der Waals surface area contributed by atoms with Gasteiger partial charge in [-0.1, -0.05) is 56.7 Å². The van der Waals surface area contributed by atoms with Gasteiger partial charge >= 0.3 is 6.61 Å². The number of benzene rings is 2. The summed E-state index contributed by atoms with van der Waals surface area (Å²) >= 11 is 0. The van der Waals surface area contributed by atoms with Gasteiger partial charge in [-0.2, -0.15) is 8.78 Å². The van der Waals surface area contributed by atoms with E-state index in [9.17, 15) is 13.6 Å². The third-order valence-corrected chi connectivity index (χ3v) is 5.64. The van der Waals surface area contributed by atoms with E-state index in [0.717, 1.165) is 24.8 Å². The summed E-state index contributed by atoms with van der Waals surface area (Å²) in [6.07, 6.45) is 3.10. The molecule has 1 aliphatic rings. The summed E-state index contributed by atoms with van der Waals surface area (Å²) in [4.78, 5) is 19.2. The van der Waals surface area contributed by atoms with Gasteiger partial charge in [-0.3, -0.25) is 9.69 Å². The number of rotatable bonds is 8. The monoisotopic (exact) mass is 415 g/mol. The number of amides is 1. The van der Waals surface area contributed by atoms with Crippen molar-refractivity contribution in [1.29, 1.82) is 0 Å². The minimum Gasteiger partial charge on any atom is -0.435 e. The van der Waals surface area contributed by atoms with Crippen LogP contribution in [0.5, 0.6) is 5.75 Å². The Bertz CT molecular complexity index is 930. The molecule has 3 rings (SSSR count). The summed E-state index contributed by atoms with van der Waals surface area (Å²) in [5.41, 5.74) is 7.05. The van der Waals surface area contributed by atoms with E-state index in [2.05, 4.69) is 29.6 Å². The molecule has 160 valence electrons. The maximum absolute atomic E-state index is 13.4. The molecule has 2 aromatic rings. The number of nitrogens with two attached hydrogens (primary N) is 1. The smallest absolute Gasteiger partial charge is 0.387 e. The summed E-state index contributed by atoms with van der Waals surface area (Å²) < 4.78 is 29.5. The average Bonchev–Trinajstić information content (AvgIpc) is 2.97. The van der Waals surface area contributed by atoms with Crippen LogP contribution in [0.15, 0.2) is 53.5 Å². The van der Waals surface area contributed by atoms with Crippen molar-refractivity contribution >= 4 is 11.9 Å². The molecule has 0 bridgehead atoms. The molecule has 2 aromatic carbocycles. The van der Waals surface area contributed by atoms with Gasteiger partial charge in [-0.05, 0) is 47.6 Å². The Morgan fingerprint density at radius 3 is 2.37 bits per heavy atom. The fourth-order valence-electron chi connectivity index (χ4n) is 4.03. The number of halogens is 2. The number of likely N-dealkylation sites (N-methyl/N-ethyl adjacent to an activating group) is 1. The number of guanidine groups is 1. The summed E-state index contributed by atoms with van der Waals surface area (Å²) in [6.45, 7) is 1.38.